The molecule has 2 heterocycles. The van der Waals surface area contributed by atoms with E-state index in [1.807, 2.05) is 19.9 Å². The van der Waals surface area contributed by atoms with Crippen LogP contribution in [0.3, 0.4) is 0 Å². The Labute approximate surface area is 117 Å². The maximum atomic E-state index is 10.6. The highest BCUT2D eigenvalue weighted by Gasteiger charge is 2.23. The van der Waals surface area contributed by atoms with Crippen LogP contribution in [-0.2, 0) is 6.54 Å². The summed E-state index contributed by atoms with van der Waals surface area (Å²) in [7, 11) is 0. The summed E-state index contributed by atoms with van der Waals surface area (Å²) in [5, 5.41) is 19.5. The number of aliphatic hydroxyl groups excluding tert-OH is 1. The van der Waals surface area contributed by atoms with Crippen molar-refractivity contribution in [2.45, 2.75) is 45.9 Å². The molecule has 0 saturated carbocycles. The Morgan fingerprint density at radius 1 is 1.37 bits per heavy atom. The molecule has 0 aliphatic carbocycles. The number of aryl methyl sites for hydroxylation is 1. The van der Waals surface area contributed by atoms with Gasteiger partial charge in [0.25, 0.3) is 0 Å². The number of nitrogens with zero attached hydrogens (tertiary/aromatic N) is 4. The van der Waals surface area contributed by atoms with Gasteiger partial charge in [-0.2, -0.15) is 10.2 Å². The van der Waals surface area contributed by atoms with Crippen molar-refractivity contribution in [1.82, 2.24) is 19.6 Å². The Hall–Kier alpha value is -1.33. The SMILES string of the molecule is CCCn1nccc1C(O)c1c(Cl)cnn1C(C)C. The molecule has 0 fully saturated rings. The zero-order valence-electron chi connectivity index (χ0n) is 11.4. The topological polar surface area (TPSA) is 55.9 Å². The smallest absolute Gasteiger partial charge is 0.139 e. The first-order chi connectivity index (χ1) is 9.06. The van der Waals surface area contributed by atoms with Gasteiger partial charge >= 0.3 is 0 Å². The van der Waals surface area contributed by atoms with E-state index < -0.39 is 6.10 Å². The number of hydrogen-bond donors (Lipinski definition) is 1. The molecule has 104 valence electrons. The van der Waals surface area contributed by atoms with Crippen molar-refractivity contribution in [1.29, 1.82) is 0 Å². The molecule has 6 heteroatoms. The summed E-state index contributed by atoms with van der Waals surface area (Å²) in [5.74, 6) is 0. The second-order valence-corrected chi connectivity index (χ2v) is 5.21. The third kappa shape index (κ3) is 2.67. The molecule has 0 amide bonds. The van der Waals surface area contributed by atoms with Crippen LogP contribution in [0.4, 0.5) is 0 Å². The second kappa shape index (κ2) is 5.75. The Bertz CT molecular complexity index is 547. The molecule has 1 atom stereocenters. The fourth-order valence-corrected chi connectivity index (χ4v) is 2.37. The average Bonchev–Trinajstić information content (AvgIpc) is 2.95. The zero-order chi connectivity index (χ0) is 14.0. The predicted molar refractivity (Wildman–Crippen MR) is 74.2 cm³/mol. The van der Waals surface area contributed by atoms with Gasteiger partial charge in [0.2, 0.25) is 0 Å². The molecular formula is C13H19ClN4O. The van der Waals surface area contributed by atoms with Gasteiger partial charge in [0.15, 0.2) is 0 Å². The number of rotatable bonds is 5. The molecule has 19 heavy (non-hydrogen) atoms. The van der Waals surface area contributed by atoms with Crippen molar-refractivity contribution >= 4 is 11.6 Å². The Kier molecular flexibility index (Phi) is 4.27. The van der Waals surface area contributed by atoms with Gasteiger partial charge in [0.1, 0.15) is 6.10 Å². The molecule has 0 radical (unpaired) electrons. The third-order valence-corrected chi connectivity index (χ3v) is 3.29. The monoisotopic (exact) mass is 282 g/mol. The summed E-state index contributed by atoms with van der Waals surface area (Å²) in [6.07, 6.45) is 3.41. The summed E-state index contributed by atoms with van der Waals surface area (Å²) < 4.78 is 3.55. The summed E-state index contributed by atoms with van der Waals surface area (Å²) in [4.78, 5) is 0. The van der Waals surface area contributed by atoms with Crippen LogP contribution in [0.25, 0.3) is 0 Å². The summed E-state index contributed by atoms with van der Waals surface area (Å²) in [6.45, 7) is 6.85. The molecule has 2 aromatic rings. The standard InChI is InChI=1S/C13H19ClN4O/c1-4-7-17-11(5-6-15-17)13(19)12-10(14)8-16-18(12)9(2)3/h5-6,8-9,13,19H,4,7H2,1-3H3. The first-order valence-electron chi connectivity index (χ1n) is 6.49. The summed E-state index contributed by atoms with van der Waals surface area (Å²) in [6, 6.07) is 1.95. The highest BCUT2D eigenvalue weighted by molar-refractivity contribution is 6.31. The lowest BCUT2D eigenvalue weighted by Crippen LogP contribution is -2.16. The third-order valence-electron chi connectivity index (χ3n) is 3.00. The van der Waals surface area contributed by atoms with Gasteiger partial charge in [-0.05, 0) is 26.3 Å². The Morgan fingerprint density at radius 2 is 2.11 bits per heavy atom. The molecule has 1 N–H and O–H groups in total. The fourth-order valence-electron chi connectivity index (χ4n) is 2.13. The Balaban J connectivity index is 2.41. The molecule has 0 aliphatic rings. The van der Waals surface area contributed by atoms with Crippen molar-refractivity contribution in [3.63, 3.8) is 0 Å². The predicted octanol–water partition coefficient (Wildman–Crippen LogP) is 2.81. The van der Waals surface area contributed by atoms with Crippen LogP contribution in [0, 0.1) is 0 Å². The number of hydrogen-bond acceptors (Lipinski definition) is 3. The van der Waals surface area contributed by atoms with Gasteiger partial charge < -0.3 is 5.11 Å². The maximum absolute atomic E-state index is 10.6. The van der Waals surface area contributed by atoms with Crippen molar-refractivity contribution in [2.75, 3.05) is 0 Å². The largest absolute Gasteiger partial charge is 0.380 e. The number of halogens is 1. The molecule has 5 nitrogen and oxygen atoms in total. The number of aliphatic hydroxyl groups is 1. The van der Waals surface area contributed by atoms with E-state index >= 15 is 0 Å². The van der Waals surface area contributed by atoms with Gasteiger partial charge in [-0.25, -0.2) is 0 Å². The van der Waals surface area contributed by atoms with Gasteiger partial charge in [-0.15, -0.1) is 0 Å². The lowest BCUT2D eigenvalue weighted by molar-refractivity contribution is 0.193. The maximum Gasteiger partial charge on any atom is 0.139 e. The average molecular weight is 283 g/mol. The van der Waals surface area contributed by atoms with Gasteiger partial charge in [0.05, 0.1) is 22.6 Å². The van der Waals surface area contributed by atoms with Crippen LogP contribution in [0.2, 0.25) is 5.02 Å². The van der Waals surface area contributed by atoms with Crippen molar-refractivity contribution in [3.05, 3.63) is 34.9 Å². The first kappa shape index (κ1) is 14.1. The first-order valence-corrected chi connectivity index (χ1v) is 6.86. The lowest BCUT2D eigenvalue weighted by Gasteiger charge is -2.17. The molecule has 0 bridgehead atoms. The van der Waals surface area contributed by atoms with Gasteiger partial charge in [-0.3, -0.25) is 9.36 Å². The summed E-state index contributed by atoms with van der Waals surface area (Å²) >= 11 is 6.16. The van der Waals surface area contributed by atoms with E-state index in [9.17, 15) is 5.11 Å². The van der Waals surface area contributed by atoms with E-state index in [4.69, 9.17) is 11.6 Å². The van der Waals surface area contributed by atoms with Gasteiger partial charge in [0, 0.05) is 18.8 Å². The molecule has 1 unspecified atom stereocenters. The van der Waals surface area contributed by atoms with Crippen LogP contribution in [0.5, 0.6) is 0 Å². The molecule has 0 aromatic carbocycles. The van der Waals surface area contributed by atoms with Crippen LogP contribution < -0.4 is 0 Å². The van der Waals surface area contributed by atoms with Gasteiger partial charge in [-0.1, -0.05) is 18.5 Å². The quantitative estimate of drug-likeness (QED) is 0.917. The fraction of sp³-hybridized carbons (Fsp3) is 0.538. The molecule has 0 aliphatic heterocycles. The normalized spacial score (nSPS) is 13.2. The van der Waals surface area contributed by atoms with E-state index in [-0.39, 0.29) is 6.04 Å². The van der Waals surface area contributed by atoms with Crippen molar-refractivity contribution < 1.29 is 5.11 Å². The highest BCUT2D eigenvalue weighted by Crippen LogP contribution is 2.29. The molecular weight excluding hydrogens is 264 g/mol. The Morgan fingerprint density at radius 3 is 2.74 bits per heavy atom. The summed E-state index contributed by atoms with van der Waals surface area (Å²) in [5.41, 5.74) is 1.36. The molecule has 0 saturated heterocycles. The molecule has 2 aromatic heterocycles. The number of aromatic nitrogens is 4. The van der Waals surface area contributed by atoms with Crippen LogP contribution >= 0.6 is 11.6 Å². The van der Waals surface area contributed by atoms with E-state index in [1.165, 1.54) is 0 Å². The second-order valence-electron chi connectivity index (χ2n) is 4.80. The van der Waals surface area contributed by atoms with E-state index in [0.29, 0.717) is 10.7 Å². The minimum Gasteiger partial charge on any atom is -0.380 e. The minimum absolute atomic E-state index is 0.139. The minimum atomic E-state index is -0.813. The lowest BCUT2D eigenvalue weighted by atomic mass is 10.1. The van der Waals surface area contributed by atoms with Crippen LogP contribution in [0.15, 0.2) is 18.5 Å². The highest BCUT2D eigenvalue weighted by atomic mass is 35.5. The van der Waals surface area contributed by atoms with E-state index in [1.54, 1.807) is 21.8 Å². The van der Waals surface area contributed by atoms with Crippen molar-refractivity contribution in [2.24, 2.45) is 0 Å². The molecule has 2 rings (SSSR count). The van der Waals surface area contributed by atoms with E-state index in [0.717, 1.165) is 18.7 Å². The van der Waals surface area contributed by atoms with E-state index in [2.05, 4.69) is 17.1 Å². The molecule has 0 spiro atoms. The van der Waals surface area contributed by atoms with Crippen LogP contribution in [0.1, 0.15) is 50.7 Å². The zero-order valence-corrected chi connectivity index (χ0v) is 12.2. The van der Waals surface area contributed by atoms with Crippen LogP contribution in [-0.4, -0.2) is 24.7 Å². The van der Waals surface area contributed by atoms with Crippen molar-refractivity contribution in [3.8, 4) is 0 Å².